The molecule has 0 spiro atoms. The topological polar surface area (TPSA) is 112 Å². The van der Waals surface area contributed by atoms with Crippen LogP contribution in [0.5, 0.6) is 6.01 Å². The number of ether oxygens (including phenoxy) is 1. The van der Waals surface area contributed by atoms with Crippen LogP contribution < -0.4 is 15.4 Å². The number of halogens is 6. The average molecular weight is 730 g/mol. The maximum Gasteiger partial charge on any atom is 0.417 e. The molecule has 4 aliphatic rings. The molecule has 2 aromatic carbocycles. The number of anilines is 2. The number of nitriles is 1. The number of carbonyl (C=O) groups is 1. The van der Waals surface area contributed by atoms with E-state index >= 15 is 17.6 Å². The van der Waals surface area contributed by atoms with Crippen LogP contribution in [0, 0.1) is 23.0 Å². The van der Waals surface area contributed by atoms with Crippen molar-refractivity contribution in [2.75, 3.05) is 43.4 Å². The Balaban J connectivity index is 1.34. The number of benzene rings is 2. The van der Waals surface area contributed by atoms with Gasteiger partial charge in [-0.15, -0.1) is 11.3 Å². The van der Waals surface area contributed by atoms with Crippen LogP contribution in [0.4, 0.5) is 37.2 Å². The second kappa shape index (κ2) is 12.1. The van der Waals surface area contributed by atoms with Crippen LogP contribution >= 0.6 is 11.3 Å². The molecule has 9 nitrogen and oxygen atoms in total. The first-order chi connectivity index (χ1) is 24.3. The molecule has 4 aliphatic heterocycles. The van der Waals surface area contributed by atoms with E-state index in [2.05, 4.69) is 9.97 Å². The van der Waals surface area contributed by atoms with Gasteiger partial charge in [-0.1, -0.05) is 6.07 Å². The predicted octanol–water partition coefficient (Wildman–Crippen LogP) is 6.81. The second-order valence-corrected chi connectivity index (χ2v) is 14.9. The van der Waals surface area contributed by atoms with Gasteiger partial charge < -0.3 is 20.3 Å². The third-order valence-corrected chi connectivity index (χ3v) is 12.1. The molecule has 4 fully saturated rings. The lowest BCUT2D eigenvalue weighted by molar-refractivity contribution is -0.137. The fourth-order valence-electron chi connectivity index (χ4n) is 8.83. The zero-order valence-corrected chi connectivity index (χ0v) is 28.3. The Morgan fingerprint density at radius 1 is 1.24 bits per heavy atom. The van der Waals surface area contributed by atoms with E-state index in [1.165, 1.54) is 0 Å². The monoisotopic (exact) mass is 729 g/mol. The highest BCUT2D eigenvalue weighted by Crippen LogP contribution is 2.49. The summed E-state index contributed by atoms with van der Waals surface area (Å²) >= 11 is 0.686. The van der Waals surface area contributed by atoms with Gasteiger partial charge in [-0.3, -0.25) is 9.69 Å². The minimum absolute atomic E-state index is 0.00406. The fraction of sp³-hybridized carbons (Fsp3) is 0.486. The number of hydrogen-bond acceptors (Lipinski definition) is 9. The maximum absolute atomic E-state index is 17.2. The Hall–Kier alpha value is -4.36. The number of amides is 1. The van der Waals surface area contributed by atoms with Crippen molar-refractivity contribution in [3.05, 3.63) is 41.0 Å². The summed E-state index contributed by atoms with van der Waals surface area (Å²) in [6.07, 6.45) is -2.77. The molecule has 1 amide bonds. The van der Waals surface area contributed by atoms with E-state index in [0.717, 1.165) is 24.6 Å². The van der Waals surface area contributed by atoms with Gasteiger partial charge in [0.05, 0.1) is 21.4 Å². The Morgan fingerprint density at radius 2 is 2.04 bits per heavy atom. The van der Waals surface area contributed by atoms with E-state index < -0.39 is 46.2 Å². The molecule has 51 heavy (non-hydrogen) atoms. The van der Waals surface area contributed by atoms with Gasteiger partial charge in [0.1, 0.15) is 41.0 Å². The summed E-state index contributed by atoms with van der Waals surface area (Å²) in [5, 5.41) is 9.27. The number of nitrogen functional groups attached to an aromatic ring is 1. The summed E-state index contributed by atoms with van der Waals surface area (Å²) in [7, 11) is 0. The van der Waals surface area contributed by atoms with Crippen molar-refractivity contribution in [2.24, 2.45) is 0 Å². The first-order valence-electron chi connectivity index (χ1n) is 16.9. The Bertz CT molecular complexity index is 2140. The number of likely N-dealkylation sites (N-methyl/N-ethyl adjacent to an activating group) is 1. The van der Waals surface area contributed by atoms with E-state index in [0.29, 0.717) is 50.1 Å². The first-order valence-corrected chi connectivity index (χ1v) is 17.8. The van der Waals surface area contributed by atoms with Crippen LogP contribution in [-0.4, -0.2) is 82.3 Å². The van der Waals surface area contributed by atoms with Crippen molar-refractivity contribution >= 4 is 49.1 Å². The van der Waals surface area contributed by atoms with Crippen molar-refractivity contribution < 1.29 is 35.9 Å². The molecule has 8 rings (SSSR count). The maximum atomic E-state index is 17.2. The molecular formula is C35H33F6N7O2S. The number of rotatable bonds is 7. The number of aromatic nitrogens is 2. The number of hydrogen-bond donors (Lipinski definition) is 1. The lowest BCUT2D eigenvalue weighted by atomic mass is 9.92. The molecule has 16 heteroatoms. The zero-order chi connectivity index (χ0) is 36.0. The van der Waals surface area contributed by atoms with Crippen molar-refractivity contribution in [1.82, 2.24) is 19.8 Å². The lowest BCUT2D eigenvalue weighted by Gasteiger charge is -2.32. The highest BCUT2D eigenvalue weighted by molar-refractivity contribution is 7.23. The normalized spacial score (nSPS) is 24.9. The van der Waals surface area contributed by atoms with Crippen molar-refractivity contribution in [3.8, 4) is 23.2 Å². The van der Waals surface area contributed by atoms with Crippen LogP contribution in [0.2, 0.25) is 0 Å². The SMILES string of the molecule is CCN(c1nc(OCC23CCCN2CC(F)C3)nc2c(F)c(-c3ccc(F)c4sc(N)c(C#N)c34)c(C(F)(F)F)cc12)C1CC2CCC(=O)N2C1. The molecular weight excluding hydrogens is 696 g/mol. The minimum atomic E-state index is -5.11. The summed E-state index contributed by atoms with van der Waals surface area (Å²) in [4.78, 5) is 27.1. The summed E-state index contributed by atoms with van der Waals surface area (Å²) in [6.45, 7) is 3.32. The van der Waals surface area contributed by atoms with Crippen LogP contribution in [0.15, 0.2) is 18.2 Å². The zero-order valence-electron chi connectivity index (χ0n) is 27.5. The lowest BCUT2D eigenvalue weighted by Crippen LogP contribution is -2.43. The van der Waals surface area contributed by atoms with Gasteiger partial charge in [0, 0.05) is 60.9 Å². The van der Waals surface area contributed by atoms with E-state index in [-0.39, 0.29) is 87.5 Å². The van der Waals surface area contributed by atoms with Crippen molar-refractivity contribution in [1.29, 1.82) is 5.26 Å². The highest BCUT2D eigenvalue weighted by atomic mass is 32.1. The number of alkyl halides is 4. The van der Waals surface area contributed by atoms with Gasteiger partial charge in [0.25, 0.3) is 0 Å². The first kappa shape index (κ1) is 33.8. The van der Waals surface area contributed by atoms with Crippen LogP contribution in [0.1, 0.15) is 56.6 Å². The Kier molecular flexibility index (Phi) is 8.02. The third kappa shape index (κ3) is 5.34. The van der Waals surface area contributed by atoms with E-state index in [4.69, 9.17) is 10.5 Å². The molecule has 4 unspecified atom stereocenters. The molecule has 268 valence electrons. The number of fused-ring (bicyclic) bond motifs is 4. The number of nitrogens with two attached hydrogens (primary N) is 1. The molecule has 0 bridgehead atoms. The van der Waals surface area contributed by atoms with Crippen molar-refractivity contribution in [2.45, 2.75) is 75.4 Å². The molecule has 6 heterocycles. The largest absolute Gasteiger partial charge is 0.461 e. The van der Waals surface area contributed by atoms with Gasteiger partial charge >= 0.3 is 12.2 Å². The number of nitrogens with zero attached hydrogens (tertiary/aromatic N) is 6. The summed E-state index contributed by atoms with van der Waals surface area (Å²) in [6, 6.07) is 3.89. The Morgan fingerprint density at radius 3 is 2.76 bits per heavy atom. The molecule has 2 aromatic heterocycles. The summed E-state index contributed by atoms with van der Waals surface area (Å²) in [5.41, 5.74) is 1.96. The van der Waals surface area contributed by atoms with Gasteiger partial charge in [-0.2, -0.15) is 28.4 Å². The highest BCUT2D eigenvalue weighted by Gasteiger charge is 2.50. The molecule has 2 N–H and O–H groups in total. The van der Waals surface area contributed by atoms with Crippen LogP contribution in [0.3, 0.4) is 0 Å². The van der Waals surface area contributed by atoms with Crippen LogP contribution in [-0.2, 0) is 11.0 Å². The summed E-state index contributed by atoms with van der Waals surface area (Å²) in [5.74, 6) is -2.17. The van der Waals surface area contributed by atoms with Crippen molar-refractivity contribution in [3.63, 3.8) is 0 Å². The average Bonchev–Trinajstić information content (AvgIpc) is 3.89. The standard InChI is InChI=1S/C35H33F6N7O2S/c1-2-47(19-10-18-4-7-25(49)48(18)15-19)32-21-11-23(35(39,40)41)27(20-5-6-24(37)30-26(20)22(13-42)31(43)51-30)28(38)29(21)44-33(45-32)50-16-34-8-3-9-46(34)14-17(36)12-34/h5-6,11,17-19H,2-4,7-10,12,14-16,43H2,1H3. The third-order valence-electron chi connectivity index (χ3n) is 11.1. The summed E-state index contributed by atoms with van der Waals surface area (Å²) < 4.78 is 97.9. The minimum Gasteiger partial charge on any atom is -0.461 e. The van der Waals surface area contributed by atoms with Gasteiger partial charge in [-0.25, -0.2) is 13.2 Å². The van der Waals surface area contributed by atoms with Crippen LogP contribution in [0.25, 0.3) is 32.1 Å². The molecule has 4 atom stereocenters. The molecule has 0 saturated carbocycles. The van der Waals surface area contributed by atoms with Gasteiger partial charge in [0.2, 0.25) is 5.91 Å². The molecule has 4 aromatic rings. The molecule has 0 radical (unpaired) electrons. The molecule has 4 saturated heterocycles. The Labute approximate surface area is 292 Å². The van der Waals surface area contributed by atoms with E-state index in [1.807, 2.05) is 11.0 Å². The quantitative estimate of drug-likeness (QED) is 0.207. The predicted molar refractivity (Wildman–Crippen MR) is 179 cm³/mol. The smallest absolute Gasteiger partial charge is 0.417 e. The number of thiophene rings is 1. The van der Waals surface area contributed by atoms with Gasteiger partial charge in [-0.05, 0) is 56.8 Å². The molecule has 0 aliphatic carbocycles. The fourth-order valence-corrected chi connectivity index (χ4v) is 9.78. The van der Waals surface area contributed by atoms with E-state index in [1.54, 1.807) is 16.7 Å². The van der Waals surface area contributed by atoms with Gasteiger partial charge in [0.15, 0.2) is 5.82 Å². The number of carbonyl (C=O) groups excluding carboxylic acids is 1. The second-order valence-electron chi connectivity index (χ2n) is 13.9. The van der Waals surface area contributed by atoms with E-state index in [9.17, 15) is 18.8 Å².